The Balaban J connectivity index is 2.17. The molecule has 0 atom stereocenters. The van der Waals surface area contributed by atoms with E-state index in [1.54, 1.807) is 12.3 Å². The Hall–Kier alpha value is -2.21. The summed E-state index contributed by atoms with van der Waals surface area (Å²) in [6.45, 7) is 2.36. The van der Waals surface area contributed by atoms with Crippen LogP contribution in [0.2, 0.25) is 0 Å². The van der Waals surface area contributed by atoms with Gasteiger partial charge in [0.1, 0.15) is 5.75 Å². The van der Waals surface area contributed by atoms with Crippen LogP contribution in [0.5, 0.6) is 5.75 Å². The summed E-state index contributed by atoms with van der Waals surface area (Å²) in [5.41, 5.74) is 1.09. The molecule has 0 saturated heterocycles. The van der Waals surface area contributed by atoms with Crippen molar-refractivity contribution in [1.29, 1.82) is 0 Å². The first-order valence-corrected chi connectivity index (χ1v) is 6.72. The van der Waals surface area contributed by atoms with Gasteiger partial charge in [0.15, 0.2) is 5.65 Å². The summed E-state index contributed by atoms with van der Waals surface area (Å²) in [6, 6.07) is 3.64. The third-order valence-corrected chi connectivity index (χ3v) is 3.58. The monoisotopic (exact) mass is 273 g/mol. The van der Waals surface area contributed by atoms with E-state index in [1.165, 1.54) is 17.5 Å². The van der Waals surface area contributed by atoms with Gasteiger partial charge in [-0.3, -0.25) is 9.89 Å². The third-order valence-electron chi connectivity index (χ3n) is 2.71. The summed E-state index contributed by atoms with van der Waals surface area (Å²) in [4.78, 5) is 17.3. The van der Waals surface area contributed by atoms with E-state index in [9.17, 15) is 4.79 Å². The highest BCUT2D eigenvalue weighted by molar-refractivity contribution is 7.12. The zero-order valence-corrected chi connectivity index (χ0v) is 11.0. The smallest absolute Gasteiger partial charge is 0.208 e. The standard InChI is InChI=1S/C13H11N3O2S/c1-2-18-12-8(11(17)10-4-3-5-19-10)6-14-13-9(12)7-15-16-13/h3-7H,2H2,1H3,(H,14,15,16). The lowest BCUT2D eigenvalue weighted by Gasteiger charge is -2.09. The van der Waals surface area contributed by atoms with Crippen LogP contribution < -0.4 is 4.74 Å². The van der Waals surface area contributed by atoms with Crippen molar-refractivity contribution in [2.45, 2.75) is 6.92 Å². The van der Waals surface area contributed by atoms with Gasteiger partial charge in [0.2, 0.25) is 5.78 Å². The minimum Gasteiger partial charge on any atom is -0.492 e. The van der Waals surface area contributed by atoms with Crippen molar-refractivity contribution in [3.05, 3.63) is 40.3 Å². The number of H-pyrrole nitrogens is 1. The largest absolute Gasteiger partial charge is 0.492 e. The van der Waals surface area contributed by atoms with E-state index in [-0.39, 0.29) is 5.78 Å². The summed E-state index contributed by atoms with van der Waals surface area (Å²) in [7, 11) is 0. The van der Waals surface area contributed by atoms with Gasteiger partial charge in [-0.1, -0.05) is 6.07 Å². The summed E-state index contributed by atoms with van der Waals surface area (Å²) in [5, 5.41) is 9.30. The number of carbonyl (C=O) groups is 1. The molecule has 0 aliphatic heterocycles. The molecular formula is C13H11N3O2S. The number of carbonyl (C=O) groups excluding carboxylic acids is 1. The van der Waals surface area contributed by atoms with E-state index >= 15 is 0 Å². The Morgan fingerprint density at radius 1 is 1.47 bits per heavy atom. The van der Waals surface area contributed by atoms with E-state index in [4.69, 9.17) is 4.74 Å². The maximum Gasteiger partial charge on any atom is 0.208 e. The number of thiophene rings is 1. The van der Waals surface area contributed by atoms with Crippen molar-refractivity contribution in [2.24, 2.45) is 0 Å². The van der Waals surface area contributed by atoms with Gasteiger partial charge in [-0.15, -0.1) is 11.3 Å². The van der Waals surface area contributed by atoms with Gasteiger partial charge in [-0.05, 0) is 18.4 Å². The topological polar surface area (TPSA) is 67.9 Å². The zero-order valence-electron chi connectivity index (χ0n) is 10.2. The van der Waals surface area contributed by atoms with Crippen LogP contribution in [-0.4, -0.2) is 27.6 Å². The molecule has 1 N–H and O–H groups in total. The molecule has 0 saturated carbocycles. The molecule has 0 aliphatic carbocycles. The molecule has 3 heterocycles. The van der Waals surface area contributed by atoms with Gasteiger partial charge in [0.25, 0.3) is 0 Å². The number of hydrogen-bond acceptors (Lipinski definition) is 5. The first kappa shape index (κ1) is 11.9. The van der Waals surface area contributed by atoms with Gasteiger partial charge in [-0.2, -0.15) is 5.10 Å². The summed E-state index contributed by atoms with van der Waals surface area (Å²) in [6.07, 6.45) is 3.16. The molecule has 0 unspecified atom stereocenters. The minimum atomic E-state index is -0.0750. The number of nitrogens with one attached hydrogen (secondary N) is 1. The second-order valence-corrected chi connectivity index (χ2v) is 4.82. The van der Waals surface area contributed by atoms with Gasteiger partial charge in [-0.25, -0.2) is 4.98 Å². The van der Waals surface area contributed by atoms with Gasteiger partial charge in [0, 0.05) is 6.20 Å². The van der Waals surface area contributed by atoms with Crippen molar-refractivity contribution in [3.8, 4) is 5.75 Å². The van der Waals surface area contributed by atoms with Crippen molar-refractivity contribution in [3.63, 3.8) is 0 Å². The Kier molecular flexibility index (Phi) is 3.00. The number of nitrogens with zero attached hydrogens (tertiary/aromatic N) is 2. The van der Waals surface area contributed by atoms with Crippen LogP contribution in [0.3, 0.4) is 0 Å². The Morgan fingerprint density at radius 2 is 2.37 bits per heavy atom. The number of ether oxygens (including phenoxy) is 1. The molecule has 0 amide bonds. The maximum absolute atomic E-state index is 12.4. The van der Waals surface area contributed by atoms with E-state index < -0.39 is 0 Å². The highest BCUT2D eigenvalue weighted by atomic mass is 32.1. The average molecular weight is 273 g/mol. The average Bonchev–Trinajstić information content (AvgIpc) is 3.10. The number of ketones is 1. The van der Waals surface area contributed by atoms with E-state index in [0.717, 1.165) is 5.39 Å². The van der Waals surface area contributed by atoms with Crippen LogP contribution >= 0.6 is 11.3 Å². The zero-order chi connectivity index (χ0) is 13.2. The number of rotatable bonds is 4. The molecule has 0 radical (unpaired) electrons. The van der Waals surface area contributed by atoms with E-state index in [1.807, 2.05) is 18.4 Å². The third kappa shape index (κ3) is 2.00. The van der Waals surface area contributed by atoms with E-state index in [0.29, 0.717) is 28.4 Å². The van der Waals surface area contributed by atoms with Crippen molar-refractivity contribution < 1.29 is 9.53 Å². The Labute approximate surface area is 113 Å². The quantitative estimate of drug-likeness (QED) is 0.742. The summed E-state index contributed by atoms with van der Waals surface area (Å²) in [5.74, 6) is 0.466. The second-order valence-electron chi connectivity index (χ2n) is 3.87. The first-order valence-electron chi connectivity index (χ1n) is 5.84. The molecule has 5 nitrogen and oxygen atoms in total. The predicted molar refractivity (Wildman–Crippen MR) is 72.8 cm³/mol. The van der Waals surface area contributed by atoms with Crippen LogP contribution in [0.1, 0.15) is 22.2 Å². The summed E-state index contributed by atoms with van der Waals surface area (Å²) < 4.78 is 5.61. The fourth-order valence-electron chi connectivity index (χ4n) is 1.88. The van der Waals surface area contributed by atoms with Gasteiger partial charge < -0.3 is 4.74 Å². The number of hydrogen-bond donors (Lipinski definition) is 1. The van der Waals surface area contributed by atoms with Crippen molar-refractivity contribution >= 4 is 28.2 Å². The number of fused-ring (bicyclic) bond motifs is 1. The van der Waals surface area contributed by atoms with Crippen LogP contribution in [0.25, 0.3) is 11.0 Å². The number of aromatic amines is 1. The highest BCUT2D eigenvalue weighted by Crippen LogP contribution is 2.29. The molecule has 0 bridgehead atoms. The molecular weight excluding hydrogens is 262 g/mol. The van der Waals surface area contributed by atoms with Crippen LogP contribution in [-0.2, 0) is 0 Å². The lowest BCUT2D eigenvalue weighted by molar-refractivity contribution is 0.103. The maximum atomic E-state index is 12.4. The molecule has 3 rings (SSSR count). The normalized spacial score (nSPS) is 10.8. The molecule has 6 heteroatoms. The fraction of sp³-hybridized carbons (Fsp3) is 0.154. The van der Waals surface area contributed by atoms with Crippen LogP contribution in [0.15, 0.2) is 29.9 Å². The molecule has 0 aromatic carbocycles. The predicted octanol–water partition coefficient (Wildman–Crippen LogP) is 2.65. The SMILES string of the molecule is CCOc1c(C(=O)c2cccs2)cnc2[nH]ncc12. The number of aromatic nitrogens is 3. The lowest BCUT2D eigenvalue weighted by Crippen LogP contribution is -2.05. The molecule has 3 aromatic rings. The van der Waals surface area contributed by atoms with Crippen molar-refractivity contribution in [2.75, 3.05) is 6.61 Å². The number of pyridine rings is 1. The molecule has 3 aromatic heterocycles. The second kappa shape index (κ2) is 4.81. The minimum absolute atomic E-state index is 0.0750. The lowest BCUT2D eigenvalue weighted by atomic mass is 10.1. The molecule has 19 heavy (non-hydrogen) atoms. The summed E-state index contributed by atoms with van der Waals surface area (Å²) >= 11 is 1.40. The Morgan fingerprint density at radius 3 is 3.11 bits per heavy atom. The fourth-order valence-corrected chi connectivity index (χ4v) is 2.56. The van der Waals surface area contributed by atoms with E-state index in [2.05, 4.69) is 15.2 Å². The highest BCUT2D eigenvalue weighted by Gasteiger charge is 2.19. The Bertz CT molecular complexity index is 719. The van der Waals surface area contributed by atoms with Crippen LogP contribution in [0, 0.1) is 0 Å². The van der Waals surface area contributed by atoms with Gasteiger partial charge >= 0.3 is 0 Å². The first-order chi connectivity index (χ1) is 9.31. The molecule has 0 spiro atoms. The van der Waals surface area contributed by atoms with Crippen LogP contribution in [0.4, 0.5) is 0 Å². The van der Waals surface area contributed by atoms with Crippen molar-refractivity contribution in [1.82, 2.24) is 15.2 Å². The molecule has 96 valence electrons. The van der Waals surface area contributed by atoms with Gasteiger partial charge in [0.05, 0.1) is 28.6 Å². The molecule has 0 fully saturated rings. The molecule has 0 aliphatic rings.